The second-order valence-electron chi connectivity index (χ2n) is 4.49. The summed E-state index contributed by atoms with van der Waals surface area (Å²) >= 11 is 6.00. The molecule has 2 nitrogen and oxygen atoms in total. The van der Waals surface area contributed by atoms with Crippen LogP contribution in [0.2, 0.25) is 5.02 Å². The number of anilines is 1. The summed E-state index contributed by atoms with van der Waals surface area (Å²) in [5.74, 6) is 1.64. The predicted octanol–water partition coefficient (Wildman–Crippen LogP) is 4.64. The van der Waals surface area contributed by atoms with Crippen LogP contribution in [0, 0.1) is 20.8 Å². The summed E-state index contributed by atoms with van der Waals surface area (Å²) in [6.07, 6.45) is 0. The molecule has 0 aliphatic rings. The average molecular weight is 262 g/mol. The van der Waals surface area contributed by atoms with E-state index in [-0.39, 0.29) is 0 Å². The second kappa shape index (κ2) is 4.91. The van der Waals surface area contributed by atoms with Gasteiger partial charge < -0.3 is 10.5 Å². The zero-order valence-corrected chi connectivity index (χ0v) is 11.5. The summed E-state index contributed by atoms with van der Waals surface area (Å²) in [6.45, 7) is 5.93. The molecule has 3 heteroatoms. The van der Waals surface area contributed by atoms with Crippen molar-refractivity contribution in [1.82, 2.24) is 0 Å². The van der Waals surface area contributed by atoms with Crippen LogP contribution in [0.3, 0.4) is 0 Å². The van der Waals surface area contributed by atoms with Crippen LogP contribution in [-0.2, 0) is 0 Å². The van der Waals surface area contributed by atoms with Crippen LogP contribution < -0.4 is 10.5 Å². The van der Waals surface area contributed by atoms with Crippen molar-refractivity contribution < 1.29 is 4.74 Å². The van der Waals surface area contributed by atoms with E-state index in [2.05, 4.69) is 0 Å². The Bertz CT molecular complexity index is 570. The van der Waals surface area contributed by atoms with E-state index in [1.165, 1.54) is 0 Å². The van der Waals surface area contributed by atoms with Crippen molar-refractivity contribution in [2.45, 2.75) is 20.8 Å². The molecule has 0 radical (unpaired) electrons. The number of ether oxygens (including phenoxy) is 1. The lowest BCUT2D eigenvalue weighted by Crippen LogP contribution is -1.94. The van der Waals surface area contributed by atoms with Gasteiger partial charge in [0.15, 0.2) is 0 Å². The van der Waals surface area contributed by atoms with Gasteiger partial charge in [-0.15, -0.1) is 0 Å². The number of aryl methyl sites for hydroxylation is 3. The molecule has 0 atom stereocenters. The Kier molecular flexibility index (Phi) is 3.48. The van der Waals surface area contributed by atoms with Gasteiger partial charge in [-0.25, -0.2) is 0 Å². The Morgan fingerprint density at radius 1 is 0.944 bits per heavy atom. The maximum absolute atomic E-state index is 6.00. The number of nitrogens with two attached hydrogens (primary N) is 1. The van der Waals surface area contributed by atoms with Crippen LogP contribution in [0.25, 0.3) is 0 Å². The number of hydrogen-bond acceptors (Lipinski definition) is 2. The number of rotatable bonds is 2. The Balaban J connectivity index is 2.37. The minimum absolute atomic E-state index is 0.728. The van der Waals surface area contributed by atoms with Crippen molar-refractivity contribution in [3.05, 3.63) is 52.0 Å². The summed E-state index contributed by atoms with van der Waals surface area (Å²) in [6, 6.07) is 9.45. The van der Waals surface area contributed by atoms with E-state index in [1.54, 1.807) is 0 Å². The number of halogens is 1. The van der Waals surface area contributed by atoms with Crippen LogP contribution in [0.4, 0.5) is 5.69 Å². The fourth-order valence-corrected chi connectivity index (χ4v) is 2.22. The number of nitrogen functional groups attached to an aromatic ring is 1. The third-order valence-corrected chi connectivity index (χ3v) is 3.10. The van der Waals surface area contributed by atoms with Gasteiger partial charge in [0.05, 0.1) is 0 Å². The molecule has 94 valence electrons. The van der Waals surface area contributed by atoms with Gasteiger partial charge in [-0.1, -0.05) is 11.6 Å². The van der Waals surface area contributed by atoms with Crippen molar-refractivity contribution >= 4 is 17.3 Å². The summed E-state index contributed by atoms with van der Waals surface area (Å²) in [4.78, 5) is 0. The van der Waals surface area contributed by atoms with E-state index in [9.17, 15) is 0 Å². The highest BCUT2D eigenvalue weighted by Crippen LogP contribution is 2.32. The molecule has 0 aliphatic heterocycles. The topological polar surface area (TPSA) is 35.2 Å². The summed E-state index contributed by atoms with van der Waals surface area (Å²) in [7, 11) is 0. The molecule has 0 unspecified atom stereocenters. The Hall–Kier alpha value is -1.67. The molecule has 0 fully saturated rings. The van der Waals surface area contributed by atoms with Gasteiger partial charge in [0.2, 0.25) is 0 Å². The monoisotopic (exact) mass is 261 g/mol. The van der Waals surface area contributed by atoms with E-state index in [1.807, 2.05) is 51.1 Å². The lowest BCUT2D eigenvalue weighted by atomic mass is 10.1. The van der Waals surface area contributed by atoms with Gasteiger partial charge >= 0.3 is 0 Å². The minimum Gasteiger partial charge on any atom is -0.457 e. The number of hydrogen-bond donors (Lipinski definition) is 1. The molecule has 0 amide bonds. The van der Waals surface area contributed by atoms with E-state index in [0.717, 1.165) is 38.9 Å². The molecular formula is C15H16ClNO. The third-order valence-electron chi connectivity index (χ3n) is 2.89. The maximum Gasteiger partial charge on any atom is 0.133 e. The zero-order valence-electron chi connectivity index (χ0n) is 10.8. The maximum atomic E-state index is 6.00. The minimum atomic E-state index is 0.728. The molecule has 0 saturated carbocycles. The average Bonchev–Trinajstić information content (AvgIpc) is 2.28. The highest BCUT2D eigenvalue weighted by molar-refractivity contribution is 6.30. The summed E-state index contributed by atoms with van der Waals surface area (Å²) in [5, 5.41) is 0.728. The first-order valence-electron chi connectivity index (χ1n) is 5.78. The Morgan fingerprint density at radius 3 is 2.11 bits per heavy atom. The van der Waals surface area contributed by atoms with Gasteiger partial charge in [0, 0.05) is 10.7 Å². The van der Waals surface area contributed by atoms with Crippen molar-refractivity contribution in [2.24, 2.45) is 0 Å². The molecule has 18 heavy (non-hydrogen) atoms. The van der Waals surface area contributed by atoms with E-state index in [4.69, 9.17) is 22.1 Å². The molecule has 0 heterocycles. The van der Waals surface area contributed by atoms with Gasteiger partial charge in [-0.2, -0.15) is 0 Å². The normalized spacial score (nSPS) is 10.4. The zero-order chi connectivity index (χ0) is 13.3. The first-order valence-corrected chi connectivity index (χ1v) is 6.16. The van der Waals surface area contributed by atoms with Crippen LogP contribution >= 0.6 is 11.6 Å². The first-order chi connectivity index (χ1) is 8.47. The largest absolute Gasteiger partial charge is 0.457 e. The van der Waals surface area contributed by atoms with Gasteiger partial charge in [0.25, 0.3) is 0 Å². The predicted molar refractivity (Wildman–Crippen MR) is 76.6 cm³/mol. The van der Waals surface area contributed by atoms with E-state index < -0.39 is 0 Å². The van der Waals surface area contributed by atoms with Crippen molar-refractivity contribution in [3.8, 4) is 11.5 Å². The van der Waals surface area contributed by atoms with E-state index in [0.29, 0.717) is 0 Å². The lowest BCUT2D eigenvalue weighted by Gasteiger charge is -2.13. The molecule has 0 aromatic heterocycles. The molecule has 2 rings (SSSR count). The summed E-state index contributed by atoms with van der Waals surface area (Å²) < 4.78 is 5.92. The van der Waals surface area contributed by atoms with Gasteiger partial charge in [-0.05, 0) is 67.8 Å². The van der Waals surface area contributed by atoms with Gasteiger partial charge in [0.1, 0.15) is 11.5 Å². The lowest BCUT2D eigenvalue weighted by molar-refractivity contribution is 0.475. The SMILES string of the molecule is Cc1cc(Oc2c(C)cc(Cl)cc2C)ccc1N. The molecule has 2 aromatic carbocycles. The standard InChI is InChI=1S/C15H16ClNO/c1-9-8-13(4-5-14(9)17)18-15-10(2)6-12(16)7-11(15)3/h4-8H,17H2,1-3H3. The van der Waals surface area contributed by atoms with Crippen molar-refractivity contribution in [2.75, 3.05) is 5.73 Å². The fourth-order valence-electron chi connectivity index (χ4n) is 1.89. The van der Waals surface area contributed by atoms with Crippen LogP contribution in [-0.4, -0.2) is 0 Å². The molecule has 0 spiro atoms. The molecule has 0 saturated heterocycles. The van der Waals surface area contributed by atoms with Gasteiger partial charge in [-0.3, -0.25) is 0 Å². The fraction of sp³-hybridized carbons (Fsp3) is 0.200. The molecule has 0 bridgehead atoms. The van der Waals surface area contributed by atoms with Crippen molar-refractivity contribution in [3.63, 3.8) is 0 Å². The number of benzene rings is 2. The summed E-state index contributed by atoms with van der Waals surface area (Å²) in [5.41, 5.74) is 9.62. The van der Waals surface area contributed by atoms with Crippen molar-refractivity contribution in [1.29, 1.82) is 0 Å². The quantitative estimate of drug-likeness (QED) is 0.800. The first kappa shape index (κ1) is 12.8. The third kappa shape index (κ3) is 2.59. The second-order valence-corrected chi connectivity index (χ2v) is 4.93. The highest BCUT2D eigenvalue weighted by atomic mass is 35.5. The molecular weight excluding hydrogens is 246 g/mol. The molecule has 0 aliphatic carbocycles. The smallest absolute Gasteiger partial charge is 0.133 e. The Morgan fingerprint density at radius 2 is 1.56 bits per heavy atom. The molecule has 2 aromatic rings. The Labute approximate surface area is 112 Å². The van der Waals surface area contributed by atoms with Crippen LogP contribution in [0.5, 0.6) is 11.5 Å². The highest BCUT2D eigenvalue weighted by Gasteiger charge is 2.07. The van der Waals surface area contributed by atoms with Crippen LogP contribution in [0.1, 0.15) is 16.7 Å². The van der Waals surface area contributed by atoms with E-state index >= 15 is 0 Å². The van der Waals surface area contributed by atoms with Crippen LogP contribution in [0.15, 0.2) is 30.3 Å². The molecule has 2 N–H and O–H groups in total.